The van der Waals surface area contributed by atoms with Crippen molar-refractivity contribution >= 4 is 5.84 Å². The summed E-state index contributed by atoms with van der Waals surface area (Å²) < 4.78 is 1.79. The third kappa shape index (κ3) is 7.64. The Labute approximate surface area is 160 Å². The molecule has 2 aromatic rings. The van der Waals surface area contributed by atoms with Crippen LogP contribution in [-0.4, -0.2) is 15.6 Å². The number of nitrogens with zero attached hydrogens (tertiary/aromatic N) is 3. The number of rotatable bonds is 4. The Bertz CT molecular complexity index is 733. The van der Waals surface area contributed by atoms with Gasteiger partial charge in [-0.3, -0.25) is 0 Å². The van der Waals surface area contributed by atoms with Crippen molar-refractivity contribution in [3.63, 3.8) is 0 Å². The highest BCUT2D eigenvalue weighted by molar-refractivity contribution is 5.83. The predicted octanol–water partition coefficient (Wildman–Crippen LogP) is 7.05. The number of benzene rings is 1. The zero-order valence-corrected chi connectivity index (χ0v) is 17.8. The quantitative estimate of drug-likeness (QED) is 0.329. The molecule has 0 amide bonds. The van der Waals surface area contributed by atoms with Gasteiger partial charge in [0, 0.05) is 11.8 Å². The van der Waals surface area contributed by atoms with E-state index in [1.165, 1.54) is 11.1 Å². The zero-order valence-electron chi connectivity index (χ0n) is 17.8. The van der Waals surface area contributed by atoms with Crippen LogP contribution in [-0.2, 0) is 0 Å². The highest BCUT2D eigenvalue weighted by Gasteiger charge is 2.04. The van der Waals surface area contributed by atoms with Crippen LogP contribution in [0.25, 0.3) is 11.3 Å². The second kappa shape index (κ2) is 12.9. The number of aliphatic imine (C=N–C) groups is 1. The van der Waals surface area contributed by atoms with Crippen LogP contribution in [0.3, 0.4) is 0 Å². The molecule has 3 heteroatoms. The van der Waals surface area contributed by atoms with Gasteiger partial charge in [0.15, 0.2) is 0 Å². The lowest BCUT2D eigenvalue weighted by molar-refractivity contribution is 0.927. The Hall–Kier alpha value is -2.42. The van der Waals surface area contributed by atoms with Gasteiger partial charge in [-0.25, -0.2) is 9.67 Å². The minimum Gasteiger partial charge on any atom is -0.234 e. The molecule has 0 fully saturated rings. The molecule has 0 saturated heterocycles. The van der Waals surface area contributed by atoms with E-state index in [9.17, 15) is 0 Å². The summed E-state index contributed by atoms with van der Waals surface area (Å²) in [4.78, 5) is 4.51. The van der Waals surface area contributed by atoms with Gasteiger partial charge >= 0.3 is 0 Å². The van der Waals surface area contributed by atoms with Crippen LogP contribution >= 0.6 is 0 Å². The summed E-state index contributed by atoms with van der Waals surface area (Å²) in [5.41, 5.74) is 5.31. The standard InChI is InChI=1S/C19H23N3.2C2H6/c1-6-14(2)12-16(4)20-17(5)22-11-10-19(21-22)18-9-7-8-15(3)13-18;2*1-2/h7-13H,4,6H2,1-3,5H3;2*1-2H3/b14-12+,20-17?;;. The minimum atomic E-state index is 0.754. The van der Waals surface area contributed by atoms with Gasteiger partial charge in [-0.1, -0.05) is 70.5 Å². The summed E-state index contributed by atoms with van der Waals surface area (Å²) in [7, 11) is 0. The molecule has 1 aromatic carbocycles. The number of allylic oxidation sites excluding steroid dienone is 2. The summed E-state index contributed by atoms with van der Waals surface area (Å²) in [6.07, 6.45) is 4.95. The van der Waals surface area contributed by atoms with Crippen molar-refractivity contribution in [2.75, 3.05) is 0 Å². The van der Waals surface area contributed by atoms with Crippen molar-refractivity contribution in [1.29, 1.82) is 0 Å². The summed E-state index contributed by atoms with van der Waals surface area (Å²) in [6.45, 7) is 20.2. The average molecular weight is 354 g/mol. The molecule has 1 aromatic heterocycles. The van der Waals surface area contributed by atoms with E-state index >= 15 is 0 Å². The van der Waals surface area contributed by atoms with Crippen molar-refractivity contribution in [3.8, 4) is 11.3 Å². The first-order valence-electron chi connectivity index (χ1n) is 9.54. The molecule has 0 aliphatic heterocycles. The molecule has 1 heterocycles. The van der Waals surface area contributed by atoms with E-state index in [0.29, 0.717) is 0 Å². The molecule has 0 bridgehead atoms. The number of aromatic nitrogens is 2. The first-order valence-corrected chi connectivity index (χ1v) is 9.54. The Kier molecular flexibility index (Phi) is 11.7. The van der Waals surface area contributed by atoms with Crippen LogP contribution < -0.4 is 0 Å². The normalized spacial score (nSPS) is 11.1. The van der Waals surface area contributed by atoms with Crippen LogP contribution in [0, 0.1) is 6.92 Å². The van der Waals surface area contributed by atoms with Gasteiger partial charge in [-0.2, -0.15) is 5.10 Å². The zero-order chi connectivity index (χ0) is 20.1. The third-order valence-corrected chi connectivity index (χ3v) is 3.51. The molecule has 0 aliphatic rings. The maximum atomic E-state index is 4.60. The van der Waals surface area contributed by atoms with E-state index in [-0.39, 0.29) is 0 Å². The largest absolute Gasteiger partial charge is 0.234 e. The van der Waals surface area contributed by atoms with E-state index in [0.717, 1.165) is 29.2 Å². The van der Waals surface area contributed by atoms with Gasteiger partial charge in [-0.05, 0) is 45.4 Å². The monoisotopic (exact) mass is 353 g/mol. The fraction of sp³-hybridized carbons (Fsp3) is 0.391. The van der Waals surface area contributed by atoms with E-state index < -0.39 is 0 Å². The SMILES string of the molecule is C=C(/C=C(\C)CC)N=C(C)n1ccc(-c2cccc(C)c2)n1.CC.CC. The Morgan fingerprint density at radius 3 is 2.38 bits per heavy atom. The van der Waals surface area contributed by atoms with Crippen LogP contribution in [0.15, 0.2) is 65.4 Å². The predicted molar refractivity (Wildman–Crippen MR) is 117 cm³/mol. The lowest BCUT2D eigenvalue weighted by atomic mass is 10.1. The Morgan fingerprint density at radius 1 is 1.15 bits per heavy atom. The van der Waals surface area contributed by atoms with E-state index in [2.05, 4.69) is 55.6 Å². The molecule has 26 heavy (non-hydrogen) atoms. The van der Waals surface area contributed by atoms with Crippen molar-refractivity contribution in [1.82, 2.24) is 9.78 Å². The van der Waals surface area contributed by atoms with Gasteiger partial charge in [-0.15, -0.1) is 0 Å². The van der Waals surface area contributed by atoms with Gasteiger partial charge in [0.05, 0.1) is 11.4 Å². The van der Waals surface area contributed by atoms with Crippen LogP contribution in [0.1, 0.15) is 60.5 Å². The average Bonchev–Trinajstić information content (AvgIpc) is 3.15. The summed E-state index contributed by atoms with van der Waals surface area (Å²) >= 11 is 0. The molecule has 0 aliphatic carbocycles. The number of aryl methyl sites for hydroxylation is 1. The van der Waals surface area contributed by atoms with Crippen molar-refractivity contribution in [2.45, 2.75) is 61.8 Å². The van der Waals surface area contributed by atoms with Crippen molar-refractivity contribution in [2.24, 2.45) is 4.99 Å². The second-order valence-electron chi connectivity index (χ2n) is 5.51. The maximum absolute atomic E-state index is 4.60. The summed E-state index contributed by atoms with van der Waals surface area (Å²) in [5.74, 6) is 0.809. The number of hydrogen-bond donors (Lipinski definition) is 0. The highest BCUT2D eigenvalue weighted by atomic mass is 15.3. The van der Waals surface area contributed by atoms with Gasteiger partial charge in [0.1, 0.15) is 5.84 Å². The third-order valence-electron chi connectivity index (χ3n) is 3.51. The summed E-state index contributed by atoms with van der Waals surface area (Å²) in [6, 6.07) is 10.3. The molecule has 0 spiro atoms. The van der Waals surface area contributed by atoms with Crippen LogP contribution in [0.2, 0.25) is 0 Å². The minimum absolute atomic E-state index is 0.754. The first-order chi connectivity index (χ1) is 12.5. The molecular formula is C23H35N3. The second-order valence-corrected chi connectivity index (χ2v) is 5.51. The molecule has 3 nitrogen and oxygen atoms in total. The van der Waals surface area contributed by atoms with Gasteiger partial charge in [0.2, 0.25) is 0 Å². The van der Waals surface area contributed by atoms with E-state index in [1.807, 2.05) is 59.0 Å². The first kappa shape index (κ1) is 23.6. The van der Waals surface area contributed by atoms with Crippen molar-refractivity contribution in [3.05, 3.63) is 66.0 Å². The smallest absolute Gasteiger partial charge is 0.127 e. The Balaban J connectivity index is 0.00000146. The highest BCUT2D eigenvalue weighted by Crippen LogP contribution is 2.18. The molecule has 2 rings (SSSR count). The molecule has 0 saturated carbocycles. The summed E-state index contributed by atoms with van der Waals surface area (Å²) in [5, 5.41) is 4.60. The van der Waals surface area contributed by atoms with Crippen molar-refractivity contribution < 1.29 is 0 Å². The van der Waals surface area contributed by atoms with Gasteiger partial charge < -0.3 is 0 Å². The molecule has 0 unspecified atom stereocenters. The molecule has 0 radical (unpaired) electrons. The number of hydrogen-bond acceptors (Lipinski definition) is 2. The van der Waals surface area contributed by atoms with Crippen LogP contribution in [0.5, 0.6) is 0 Å². The molecule has 0 atom stereocenters. The fourth-order valence-electron chi connectivity index (χ4n) is 2.14. The maximum Gasteiger partial charge on any atom is 0.127 e. The topological polar surface area (TPSA) is 30.2 Å². The van der Waals surface area contributed by atoms with Gasteiger partial charge in [0.25, 0.3) is 0 Å². The molecule has 0 N–H and O–H groups in total. The molecule has 142 valence electrons. The molecular weight excluding hydrogens is 318 g/mol. The van der Waals surface area contributed by atoms with E-state index in [1.54, 1.807) is 4.68 Å². The Morgan fingerprint density at radius 2 is 1.81 bits per heavy atom. The fourth-order valence-corrected chi connectivity index (χ4v) is 2.14. The van der Waals surface area contributed by atoms with E-state index in [4.69, 9.17) is 0 Å². The lowest BCUT2D eigenvalue weighted by Crippen LogP contribution is -2.08. The van der Waals surface area contributed by atoms with Crippen LogP contribution in [0.4, 0.5) is 0 Å². The lowest BCUT2D eigenvalue weighted by Gasteiger charge is -2.02.